The highest BCUT2D eigenvalue weighted by molar-refractivity contribution is 8.11. The molecule has 0 saturated carbocycles. The number of hydrogen-bond acceptors (Lipinski definition) is 1. The van der Waals surface area contributed by atoms with Crippen LogP contribution in [0.3, 0.4) is 0 Å². The maximum absolute atomic E-state index is 5.85. The molecule has 4 heteroatoms. The number of benzene rings is 1. The molecular weight excluding hydrogens is 222 g/mol. The highest BCUT2D eigenvalue weighted by Crippen LogP contribution is 2.21. The molecule has 0 aliphatic heterocycles. The first kappa shape index (κ1) is 10.8. The first-order valence-electron chi connectivity index (χ1n) is 3.92. The SMILES string of the molecule is CCc1cc(Cl)ccc1NC(=S)S. The molecule has 0 aromatic heterocycles. The standard InChI is InChI=1S/C9H10ClNS2/c1-2-6-5-7(10)3-4-8(6)11-9(12)13/h3-5H,2H2,1H3,(H2,11,12,13). The number of rotatable bonds is 2. The van der Waals surface area contributed by atoms with Gasteiger partial charge < -0.3 is 5.32 Å². The summed E-state index contributed by atoms with van der Waals surface area (Å²) in [6.45, 7) is 2.07. The molecule has 0 spiro atoms. The van der Waals surface area contributed by atoms with Gasteiger partial charge in [-0.2, -0.15) is 0 Å². The van der Waals surface area contributed by atoms with Crippen LogP contribution < -0.4 is 5.32 Å². The van der Waals surface area contributed by atoms with E-state index in [4.69, 9.17) is 23.8 Å². The summed E-state index contributed by atoms with van der Waals surface area (Å²) >= 11 is 14.7. The van der Waals surface area contributed by atoms with Gasteiger partial charge in [-0.15, -0.1) is 12.6 Å². The van der Waals surface area contributed by atoms with E-state index in [2.05, 4.69) is 24.9 Å². The summed E-state index contributed by atoms with van der Waals surface area (Å²) in [6.07, 6.45) is 0.916. The van der Waals surface area contributed by atoms with Gasteiger partial charge in [-0.1, -0.05) is 30.7 Å². The molecular formula is C9H10ClNS2. The number of hydrogen-bond donors (Lipinski definition) is 2. The van der Waals surface area contributed by atoms with Crippen LogP contribution in [-0.4, -0.2) is 4.32 Å². The van der Waals surface area contributed by atoms with E-state index in [-0.39, 0.29) is 0 Å². The summed E-state index contributed by atoms with van der Waals surface area (Å²) in [5.41, 5.74) is 2.12. The van der Waals surface area contributed by atoms with E-state index in [1.165, 1.54) is 0 Å². The van der Waals surface area contributed by atoms with E-state index < -0.39 is 0 Å². The highest BCUT2D eigenvalue weighted by atomic mass is 35.5. The first-order valence-corrected chi connectivity index (χ1v) is 5.15. The summed E-state index contributed by atoms with van der Waals surface area (Å²) in [5.74, 6) is 0. The lowest BCUT2D eigenvalue weighted by Gasteiger charge is -2.08. The largest absolute Gasteiger partial charge is 0.341 e. The quantitative estimate of drug-likeness (QED) is 0.597. The monoisotopic (exact) mass is 231 g/mol. The Morgan fingerprint density at radius 3 is 2.85 bits per heavy atom. The molecule has 1 aromatic rings. The minimum atomic E-state index is 0.469. The average molecular weight is 232 g/mol. The molecule has 0 atom stereocenters. The molecule has 70 valence electrons. The van der Waals surface area contributed by atoms with Gasteiger partial charge in [0, 0.05) is 10.7 Å². The third-order valence-corrected chi connectivity index (χ3v) is 2.14. The van der Waals surface area contributed by atoms with Crippen LogP contribution in [0.1, 0.15) is 12.5 Å². The van der Waals surface area contributed by atoms with Crippen molar-refractivity contribution < 1.29 is 0 Å². The average Bonchev–Trinajstić information content (AvgIpc) is 2.07. The van der Waals surface area contributed by atoms with Crippen molar-refractivity contribution >= 4 is 46.5 Å². The molecule has 0 saturated heterocycles. The third kappa shape index (κ3) is 3.18. The molecule has 1 nitrogen and oxygen atoms in total. The minimum absolute atomic E-state index is 0.469. The van der Waals surface area contributed by atoms with Crippen molar-refractivity contribution in [3.05, 3.63) is 28.8 Å². The molecule has 1 N–H and O–H groups in total. The lowest BCUT2D eigenvalue weighted by Crippen LogP contribution is -2.03. The Labute approximate surface area is 93.9 Å². The predicted molar refractivity (Wildman–Crippen MR) is 66.0 cm³/mol. The van der Waals surface area contributed by atoms with Crippen LogP contribution in [0.5, 0.6) is 0 Å². The van der Waals surface area contributed by atoms with Gasteiger partial charge >= 0.3 is 0 Å². The van der Waals surface area contributed by atoms with Gasteiger partial charge in [-0.3, -0.25) is 0 Å². The van der Waals surface area contributed by atoms with Crippen LogP contribution in [0.4, 0.5) is 5.69 Å². The van der Waals surface area contributed by atoms with Crippen molar-refractivity contribution in [2.24, 2.45) is 0 Å². The van der Waals surface area contributed by atoms with Gasteiger partial charge in [0.25, 0.3) is 0 Å². The fourth-order valence-corrected chi connectivity index (χ4v) is 1.52. The van der Waals surface area contributed by atoms with Gasteiger partial charge in [0.05, 0.1) is 0 Å². The molecule has 0 radical (unpaired) electrons. The molecule has 0 amide bonds. The summed E-state index contributed by atoms with van der Waals surface area (Å²) in [4.78, 5) is 0. The van der Waals surface area contributed by atoms with E-state index in [1.807, 2.05) is 18.2 Å². The van der Waals surface area contributed by atoms with Gasteiger partial charge in [-0.05, 0) is 30.2 Å². The number of nitrogens with one attached hydrogen (secondary N) is 1. The zero-order valence-corrected chi connectivity index (χ0v) is 9.64. The predicted octanol–water partition coefficient (Wildman–Crippen LogP) is 3.53. The lowest BCUT2D eigenvalue weighted by atomic mass is 10.1. The number of thiol groups is 1. The van der Waals surface area contributed by atoms with Gasteiger partial charge in [-0.25, -0.2) is 0 Å². The lowest BCUT2D eigenvalue weighted by molar-refractivity contribution is 1.14. The molecule has 13 heavy (non-hydrogen) atoms. The molecule has 1 aromatic carbocycles. The Morgan fingerprint density at radius 2 is 2.31 bits per heavy atom. The minimum Gasteiger partial charge on any atom is -0.341 e. The van der Waals surface area contributed by atoms with E-state index in [9.17, 15) is 0 Å². The fraction of sp³-hybridized carbons (Fsp3) is 0.222. The Bertz CT molecular complexity index is 325. The summed E-state index contributed by atoms with van der Waals surface area (Å²) < 4.78 is 0.469. The fourth-order valence-electron chi connectivity index (χ4n) is 1.09. The Kier molecular flexibility index (Phi) is 4.03. The van der Waals surface area contributed by atoms with E-state index in [1.54, 1.807) is 0 Å². The Morgan fingerprint density at radius 1 is 1.62 bits per heavy atom. The topological polar surface area (TPSA) is 12.0 Å². The summed E-state index contributed by atoms with van der Waals surface area (Å²) in [6, 6.07) is 5.66. The van der Waals surface area contributed by atoms with Crippen LogP contribution in [0.25, 0.3) is 0 Å². The van der Waals surface area contributed by atoms with Crippen LogP contribution in [-0.2, 0) is 6.42 Å². The maximum atomic E-state index is 5.85. The second-order valence-electron chi connectivity index (χ2n) is 2.59. The zero-order valence-electron chi connectivity index (χ0n) is 7.17. The molecule has 0 fully saturated rings. The third-order valence-electron chi connectivity index (χ3n) is 1.69. The molecule has 0 aliphatic carbocycles. The molecule has 0 bridgehead atoms. The van der Waals surface area contributed by atoms with Crippen LogP contribution in [0.15, 0.2) is 18.2 Å². The van der Waals surface area contributed by atoms with Gasteiger partial charge in [0.15, 0.2) is 0 Å². The van der Waals surface area contributed by atoms with E-state index >= 15 is 0 Å². The molecule has 0 unspecified atom stereocenters. The summed E-state index contributed by atoms with van der Waals surface area (Å²) in [7, 11) is 0. The van der Waals surface area contributed by atoms with Crippen molar-refractivity contribution in [3.8, 4) is 0 Å². The second-order valence-corrected chi connectivity index (χ2v) is 4.18. The van der Waals surface area contributed by atoms with Crippen LogP contribution >= 0.6 is 36.4 Å². The van der Waals surface area contributed by atoms with Crippen molar-refractivity contribution in [1.82, 2.24) is 0 Å². The smallest absolute Gasteiger partial charge is 0.135 e. The van der Waals surface area contributed by atoms with Crippen LogP contribution in [0, 0.1) is 0 Å². The number of thiocarbonyl (C=S) groups is 1. The van der Waals surface area contributed by atoms with Crippen molar-refractivity contribution in [2.45, 2.75) is 13.3 Å². The number of halogens is 1. The van der Waals surface area contributed by atoms with Crippen molar-refractivity contribution in [1.29, 1.82) is 0 Å². The van der Waals surface area contributed by atoms with Crippen molar-refractivity contribution in [2.75, 3.05) is 5.32 Å². The number of anilines is 1. The highest BCUT2D eigenvalue weighted by Gasteiger charge is 2.01. The van der Waals surface area contributed by atoms with E-state index in [0.717, 1.165) is 22.7 Å². The number of aryl methyl sites for hydroxylation is 1. The molecule has 0 aliphatic rings. The van der Waals surface area contributed by atoms with E-state index in [0.29, 0.717) is 4.32 Å². The van der Waals surface area contributed by atoms with Gasteiger partial charge in [0.1, 0.15) is 4.32 Å². The Balaban J connectivity index is 2.99. The molecule has 0 heterocycles. The maximum Gasteiger partial charge on any atom is 0.135 e. The van der Waals surface area contributed by atoms with Crippen molar-refractivity contribution in [3.63, 3.8) is 0 Å². The van der Waals surface area contributed by atoms with Crippen LogP contribution in [0.2, 0.25) is 5.02 Å². The molecule has 1 rings (SSSR count). The normalized spacial score (nSPS) is 9.77. The zero-order chi connectivity index (χ0) is 9.84. The Hall–Kier alpha value is -0.250. The van der Waals surface area contributed by atoms with Gasteiger partial charge in [0.2, 0.25) is 0 Å². The second kappa shape index (κ2) is 4.84. The summed E-state index contributed by atoms with van der Waals surface area (Å²) in [5, 5.41) is 3.73. The first-order chi connectivity index (χ1) is 6.13.